The highest BCUT2D eigenvalue weighted by atomic mass is 16.4. The highest BCUT2D eigenvalue weighted by Crippen LogP contribution is 2.19. The maximum absolute atomic E-state index is 11.1. The number of aliphatic carboxylic acids is 1. The van der Waals surface area contributed by atoms with E-state index in [1.807, 2.05) is 51.1 Å². The summed E-state index contributed by atoms with van der Waals surface area (Å²) in [5, 5.41) is 12.2. The smallest absolute Gasteiger partial charge is 0.321 e. The number of carbonyl (C=O) groups is 1. The molecule has 0 radical (unpaired) electrons. The van der Waals surface area contributed by atoms with Crippen molar-refractivity contribution in [2.45, 2.75) is 33.4 Å². The highest BCUT2D eigenvalue weighted by Gasteiger charge is 2.30. The van der Waals surface area contributed by atoms with Crippen molar-refractivity contribution < 1.29 is 9.90 Å². The number of benzene rings is 1. The van der Waals surface area contributed by atoms with Crippen LogP contribution in [0.3, 0.4) is 0 Å². The van der Waals surface area contributed by atoms with Crippen LogP contribution in [0.4, 0.5) is 0 Å². The first kappa shape index (κ1) is 12.7. The van der Waals surface area contributed by atoms with Gasteiger partial charge in [0.25, 0.3) is 0 Å². The van der Waals surface area contributed by atoms with Crippen molar-refractivity contribution >= 4 is 5.97 Å². The van der Waals surface area contributed by atoms with E-state index in [1.54, 1.807) is 0 Å². The fourth-order valence-corrected chi connectivity index (χ4v) is 1.58. The van der Waals surface area contributed by atoms with Gasteiger partial charge in [0, 0.05) is 6.54 Å². The van der Waals surface area contributed by atoms with E-state index in [-0.39, 0.29) is 5.41 Å². The summed E-state index contributed by atoms with van der Waals surface area (Å²) >= 11 is 0. The summed E-state index contributed by atoms with van der Waals surface area (Å²) in [5.41, 5.74) is 0.804. The van der Waals surface area contributed by atoms with Crippen LogP contribution in [0.2, 0.25) is 0 Å². The average Bonchev–Trinajstić information content (AvgIpc) is 2.17. The minimum Gasteiger partial charge on any atom is -0.480 e. The van der Waals surface area contributed by atoms with Gasteiger partial charge in [0.1, 0.15) is 6.04 Å². The monoisotopic (exact) mass is 221 g/mol. The van der Waals surface area contributed by atoms with E-state index >= 15 is 0 Å². The molecular formula is C13H19NO2. The number of carboxylic acids is 1. The zero-order chi connectivity index (χ0) is 12.2. The van der Waals surface area contributed by atoms with E-state index in [4.69, 9.17) is 5.11 Å². The zero-order valence-electron chi connectivity index (χ0n) is 10.0. The summed E-state index contributed by atoms with van der Waals surface area (Å²) < 4.78 is 0. The van der Waals surface area contributed by atoms with Crippen LogP contribution >= 0.6 is 0 Å². The Kier molecular flexibility index (Phi) is 4.07. The number of hydrogen-bond donors (Lipinski definition) is 2. The van der Waals surface area contributed by atoms with Crippen molar-refractivity contribution in [3.05, 3.63) is 35.9 Å². The first-order chi connectivity index (χ1) is 7.41. The largest absolute Gasteiger partial charge is 0.480 e. The SMILES string of the molecule is CC(C)(C)[C@H](NCc1ccccc1)C(=O)O. The Morgan fingerprint density at radius 3 is 2.31 bits per heavy atom. The summed E-state index contributed by atoms with van der Waals surface area (Å²) in [4.78, 5) is 11.1. The minimum absolute atomic E-state index is 0.291. The molecule has 0 saturated carbocycles. The molecule has 88 valence electrons. The van der Waals surface area contributed by atoms with Gasteiger partial charge in [-0.05, 0) is 11.0 Å². The summed E-state index contributed by atoms with van der Waals surface area (Å²) in [5.74, 6) is -0.802. The van der Waals surface area contributed by atoms with Crippen molar-refractivity contribution in [2.75, 3.05) is 0 Å². The van der Waals surface area contributed by atoms with E-state index in [0.717, 1.165) is 5.56 Å². The van der Waals surface area contributed by atoms with Gasteiger partial charge < -0.3 is 5.11 Å². The third kappa shape index (κ3) is 3.66. The van der Waals surface area contributed by atoms with E-state index in [0.29, 0.717) is 6.54 Å². The molecule has 2 N–H and O–H groups in total. The van der Waals surface area contributed by atoms with Crippen molar-refractivity contribution in [3.63, 3.8) is 0 Å². The molecule has 0 unspecified atom stereocenters. The quantitative estimate of drug-likeness (QED) is 0.820. The van der Waals surface area contributed by atoms with Gasteiger partial charge in [0.15, 0.2) is 0 Å². The Labute approximate surface area is 96.5 Å². The number of nitrogens with one attached hydrogen (secondary N) is 1. The van der Waals surface area contributed by atoms with Gasteiger partial charge in [0.2, 0.25) is 0 Å². The lowest BCUT2D eigenvalue weighted by Crippen LogP contribution is -2.46. The van der Waals surface area contributed by atoms with E-state index in [9.17, 15) is 4.79 Å². The Balaban J connectivity index is 2.62. The average molecular weight is 221 g/mol. The second kappa shape index (κ2) is 5.12. The number of carboxylic acid groups (broad SMARTS) is 1. The summed E-state index contributed by atoms with van der Waals surface area (Å²) in [6, 6.07) is 9.27. The van der Waals surface area contributed by atoms with Crippen LogP contribution < -0.4 is 5.32 Å². The van der Waals surface area contributed by atoms with Crippen molar-refractivity contribution in [3.8, 4) is 0 Å². The normalized spacial score (nSPS) is 13.4. The molecule has 0 aromatic heterocycles. The van der Waals surface area contributed by atoms with E-state index < -0.39 is 12.0 Å². The van der Waals surface area contributed by atoms with Gasteiger partial charge in [0.05, 0.1) is 0 Å². The fraction of sp³-hybridized carbons (Fsp3) is 0.462. The molecule has 1 rings (SSSR count). The maximum atomic E-state index is 11.1. The Hall–Kier alpha value is -1.35. The second-order valence-electron chi connectivity index (χ2n) is 5.00. The summed E-state index contributed by atoms with van der Waals surface area (Å²) in [7, 11) is 0. The van der Waals surface area contributed by atoms with Gasteiger partial charge >= 0.3 is 5.97 Å². The molecule has 1 aromatic rings. The van der Waals surface area contributed by atoms with Crippen LogP contribution in [-0.2, 0) is 11.3 Å². The molecule has 0 fully saturated rings. The number of hydrogen-bond acceptors (Lipinski definition) is 2. The zero-order valence-corrected chi connectivity index (χ0v) is 10.0. The van der Waals surface area contributed by atoms with Gasteiger partial charge in [-0.25, -0.2) is 0 Å². The molecular weight excluding hydrogens is 202 g/mol. The molecule has 3 nitrogen and oxygen atoms in total. The topological polar surface area (TPSA) is 49.3 Å². The van der Waals surface area contributed by atoms with Gasteiger partial charge in [-0.3, -0.25) is 10.1 Å². The maximum Gasteiger partial charge on any atom is 0.321 e. The van der Waals surface area contributed by atoms with Gasteiger partial charge in [-0.15, -0.1) is 0 Å². The summed E-state index contributed by atoms with van der Waals surface area (Å²) in [6.07, 6.45) is 0. The van der Waals surface area contributed by atoms with Gasteiger partial charge in [-0.1, -0.05) is 51.1 Å². The molecule has 1 aromatic carbocycles. The van der Waals surface area contributed by atoms with Crippen LogP contribution in [0.1, 0.15) is 26.3 Å². The van der Waals surface area contributed by atoms with Crippen molar-refractivity contribution in [1.29, 1.82) is 0 Å². The van der Waals surface area contributed by atoms with Crippen LogP contribution in [0.5, 0.6) is 0 Å². The van der Waals surface area contributed by atoms with E-state index in [2.05, 4.69) is 5.32 Å². The minimum atomic E-state index is -0.802. The Morgan fingerprint density at radius 2 is 1.88 bits per heavy atom. The predicted molar refractivity (Wildman–Crippen MR) is 64.2 cm³/mol. The molecule has 0 spiro atoms. The van der Waals surface area contributed by atoms with Crippen molar-refractivity contribution in [1.82, 2.24) is 5.32 Å². The van der Waals surface area contributed by atoms with Crippen LogP contribution in [-0.4, -0.2) is 17.1 Å². The number of rotatable bonds is 4. The molecule has 3 heteroatoms. The third-order valence-corrected chi connectivity index (χ3v) is 2.47. The molecule has 0 bridgehead atoms. The van der Waals surface area contributed by atoms with Gasteiger partial charge in [-0.2, -0.15) is 0 Å². The van der Waals surface area contributed by atoms with Crippen LogP contribution in [0.25, 0.3) is 0 Å². The Bertz CT molecular complexity index is 341. The van der Waals surface area contributed by atoms with Crippen LogP contribution in [0.15, 0.2) is 30.3 Å². The molecule has 0 heterocycles. The van der Waals surface area contributed by atoms with E-state index in [1.165, 1.54) is 0 Å². The molecule has 1 atom stereocenters. The molecule has 16 heavy (non-hydrogen) atoms. The molecule has 0 aliphatic carbocycles. The van der Waals surface area contributed by atoms with Crippen molar-refractivity contribution in [2.24, 2.45) is 5.41 Å². The first-order valence-electron chi connectivity index (χ1n) is 5.41. The lowest BCUT2D eigenvalue weighted by Gasteiger charge is -2.27. The lowest BCUT2D eigenvalue weighted by atomic mass is 9.86. The highest BCUT2D eigenvalue weighted by molar-refractivity contribution is 5.74. The molecule has 0 amide bonds. The standard InChI is InChI=1S/C13H19NO2/c1-13(2,3)11(12(15)16)14-9-10-7-5-4-6-8-10/h4-8,11,14H,9H2,1-3H3,(H,15,16)/t11-/m1/s1. The predicted octanol–water partition coefficient (Wildman–Crippen LogP) is 2.28. The van der Waals surface area contributed by atoms with Crippen LogP contribution in [0, 0.1) is 5.41 Å². The Morgan fingerprint density at radius 1 is 1.31 bits per heavy atom. The summed E-state index contributed by atoms with van der Waals surface area (Å²) in [6.45, 7) is 6.34. The first-order valence-corrected chi connectivity index (χ1v) is 5.41. The molecule has 0 saturated heterocycles. The second-order valence-corrected chi connectivity index (χ2v) is 5.00. The molecule has 0 aliphatic heterocycles. The lowest BCUT2D eigenvalue weighted by molar-refractivity contribution is -0.142. The third-order valence-electron chi connectivity index (χ3n) is 2.47. The fourth-order valence-electron chi connectivity index (χ4n) is 1.58. The molecule has 0 aliphatic rings.